The van der Waals surface area contributed by atoms with Crippen molar-refractivity contribution in [3.8, 4) is 0 Å². The molecule has 1 aromatic heterocycles. The van der Waals surface area contributed by atoms with Gasteiger partial charge in [-0.3, -0.25) is 14.3 Å². The molecule has 1 aliphatic rings. The zero-order valence-electron chi connectivity index (χ0n) is 17.2. The van der Waals surface area contributed by atoms with Crippen LogP contribution in [0.5, 0.6) is 0 Å². The van der Waals surface area contributed by atoms with Gasteiger partial charge < -0.3 is 9.57 Å². The van der Waals surface area contributed by atoms with Crippen LogP contribution in [0, 0.1) is 0 Å². The van der Waals surface area contributed by atoms with Crippen molar-refractivity contribution in [1.29, 1.82) is 0 Å². The van der Waals surface area contributed by atoms with E-state index in [0.29, 0.717) is 31.6 Å². The molecule has 2 rings (SSSR count). The lowest BCUT2D eigenvalue weighted by Crippen LogP contribution is -2.41. The van der Waals surface area contributed by atoms with Crippen LogP contribution in [-0.4, -0.2) is 63.0 Å². The normalized spacial score (nSPS) is 18.7. The summed E-state index contributed by atoms with van der Waals surface area (Å²) in [7, 11) is 0. The van der Waals surface area contributed by atoms with E-state index in [9.17, 15) is 27.6 Å². The number of halogens is 3. The van der Waals surface area contributed by atoms with Gasteiger partial charge in [-0.15, -0.1) is 5.06 Å². The zero-order chi connectivity index (χ0) is 23.0. The Hall–Kier alpha value is -2.34. The van der Waals surface area contributed by atoms with Crippen LogP contribution in [0.25, 0.3) is 0 Å². The summed E-state index contributed by atoms with van der Waals surface area (Å²) in [4.78, 5) is 38.5. The van der Waals surface area contributed by atoms with Crippen molar-refractivity contribution in [3.05, 3.63) is 29.6 Å². The fourth-order valence-corrected chi connectivity index (χ4v) is 3.88. The number of thioether (sulfide) groups is 1. The molecular weight excluding hydrogens is 439 g/mol. The van der Waals surface area contributed by atoms with Gasteiger partial charge in [-0.2, -0.15) is 18.3 Å². The Bertz CT molecular complexity index is 825. The highest BCUT2D eigenvalue weighted by atomic mass is 32.2. The third kappa shape index (κ3) is 8.37. The summed E-state index contributed by atoms with van der Waals surface area (Å²) in [5.74, 6) is -2.57. The van der Waals surface area contributed by atoms with Gasteiger partial charge >= 0.3 is 18.1 Å². The smallest absolute Gasteiger partial charge is 0.466 e. The van der Waals surface area contributed by atoms with E-state index in [-0.39, 0.29) is 35.8 Å². The highest BCUT2D eigenvalue weighted by Crippen LogP contribution is 2.29. The molecule has 2 heterocycles. The number of hydrogen-bond donors (Lipinski definition) is 0. The molecule has 0 amide bonds. The molecule has 1 unspecified atom stereocenters. The van der Waals surface area contributed by atoms with Gasteiger partial charge in [0, 0.05) is 31.3 Å². The quantitative estimate of drug-likeness (QED) is 0.429. The first kappa shape index (κ1) is 24.9. The van der Waals surface area contributed by atoms with E-state index in [1.54, 1.807) is 30.1 Å². The molecule has 0 aliphatic carbocycles. The molecule has 1 aliphatic heterocycles. The molecule has 1 fully saturated rings. The monoisotopic (exact) mass is 463 g/mol. The molecule has 12 heteroatoms. The van der Waals surface area contributed by atoms with Gasteiger partial charge in [-0.1, -0.05) is 17.8 Å². The fourth-order valence-electron chi connectivity index (χ4n) is 2.93. The van der Waals surface area contributed by atoms with E-state index in [2.05, 4.69) is 9.94 Å². The minimum absolute atomic E-state index is 0.0379. The van der Waals surface area contributed by atoms with Crippen LogP contribution in [-0.2, 0) is 36.9 Å². The van der Waals surface area contributed by atoms with E-state index < -0.39 is 12.1 Å². The summed E-state index contributed by atoms with van der Waals surface area (Å²) < 4.78 is 43.9. The SMILES string of the molecule is CCOC(=O)CCc1cnn(C/C=C2\CN(OC(=O)C(F)(F)F)CCC2SC(C)=O)c1. The van der Waals surface area contributed by atoms with E-state index >= 15 is 0 Å². The van der Waals surface area contributed by atoms with Crippen LogP contribution in [0.3, 0.4) is 0 Å². The Labute approximate surface area is 181 Å². The molecule has 0 radical (unpaired) electrons. The number of aromatic nitrogens is 2. The lowest BCUT2D eigenvalue weighted by Gasteiger charge is -2.32. The predicted octanol–water partition coefficient (Wildman–Crippen LogP) is 2.68. The minimum atomic E-state index is -5.08. The van der Waals surface area contributed by atoms with Crippen LogP contribution < -0.4 is 0 Å². The third-order valence-electron chi connectivity index (χ3n) is 4.32. The average molecular weight is 463 g/mol. The molecule has 172 valence electrons. The maximum absolute atomic E-state index is 12.5. The van der Waals surface area contributed by atoms with Crippen molar-refractivity contribution in [3.63, 3.8) is 0 Å². The van der Waals surface area contributed by atoms with E-state index in [1.165, 1.54) is 6.92 Å². The number of alkyl halides is 3. The topological polar surface area (TPSA) is 90.7 Å². The molecular formula is C19H24F3N3O5S. The summed E-state index contributed by atoms with van der Waals surface area (Å²) in [6.07, 6.45) is 1.12. The number of ether oxygens (including phenoxy) is 1. The van der Waals surface area contributed by atoms with Gasteiger partial charge in [0.2, 0.25) is 0 Å². The van der Waals surface area contributed by atoms with Crippen LogP contribution in [0.4, 0.5) is 13.2 Å². The van der Waals surface area contributed by atoms with Gasteiger partial charge in [-0.05, 0) is 30.9 Å². The number of aryl methyl sites for hydroxylation is 1. The molecule has 0 saturated carbocycles. The molecule has 31 heavy (non-hydrogen) atoms. The Morgan fingerprint density at radius 3 is 2.74 bits per heavy atom. The summed E-state index contributed by atoms with van der Waals surface area (Å²) in [6.45, 7) is 3.83. The van der Waals surface area contributed by atoms with Crippen molar-refractivity contribution in [1.82, 2.24) is 14.8 Å². The second-order valence-corrected chi connectivity index (χ2v) is 8.16. The Kier molecular flexibility index (Phi) is 9.11. The van der Waals surface area contributed by atoms with Gasteiger partial charge in [0.05, 0.1) is 25.9 Å². The van der Waals surface area contributed by atoms with Crippen LogP contribution in [0.15, 0.2) is 24.0 Å². The van der Waals surface area contributed by atoms with Crippen molar-refractivity contribution < 1.29 is 37.1 Å². The second-order valence-electron chi connectivity index (χ2n) is 6.78. The highest BCUT2D eigenvalue weighted by molar-refractivity contribution is 8.14. The molecule has 0 N–H and O–H groups in total. The molecule has 1 atom stereocenters. The molecule has 0 aromatic carbocycles. The number of piperidine rings is 1. The zero-order valence-corrected chi connectivity index (χ0v) is 18.0. The molecule has 0 bridgehead atoms. The van der Waals surface area contributed by atoms with Gasteiger partial charge in [-0.25, -0.2) is 4.79 Å². The Balaban J connectivity index is 2.02. The van der Waals surface area contributed by atoms with Crippen LogP contribution in [0.2, 0.25) is 0 Å². The Morgan fingerprint density at radius 2 is 2.10 bits per heavy atom. The first-order chi connectivity index (χ1) is 14.6. The van der Waals surface area contributed by atoms with Crippen LogP contribution >= 0.6 is 11.8 Å². The van der Waals surface area contributed by atoms with Crippen molar-refractivity contribution in [2.24, 2.45) is 0 Å². The van der Waals surface area contributed by atoms with E-state index in [4.69, 9.17) is 4.74 Å². The average Bonchev–Trinajstić information content (AvgIpc) is 3.13. The molecule has 1 aromatic rings. The summed E-state index contributed by atoms with van der Waals surface area (Å²) in [5.41, 5.74) is 1.51. The third-order valence-corrected chi connectivity index (χ3v) is 5.47. The predicted molar refractivity (Wildman–Crippen MR) is 106 cm³/mol. The number of hydroxylamine groups is 2. The fraction of sp³-hybridized carbons (Fsp3) is 0.579. The largest absolute Gasteiger partial charge is 0.492 e. The van der Waals surface area contributed by atoms with Crippen LogP contribution in [0.1, 0.15) is 32.3 Å². The summed E-state index contributed by atoms with van der Waals surface area (Å²) in [6, 6.07) is 0. The number of carbonyl (C=O) groups excluding carboxylic acids is 3. The number of carbonyl (C=O) groups is 3. The number of nitrogens with zero attached hydrogens (tertiary/aromatic N) is 3. The van der Waals surface area contributed by atoms with Crippen molar-refractivity contribution in [2.45, 2.75) is 51.1 Å². The van der Waals surface area contributed by atoms with Crippen molar-refractivity contribution >= 4 is 28.8 Å². The van der Waals surface area contributed by atoms with E-state index in [1.807, 2.05) is 0 Å². The maximum Gasteiger partial charge on any atom is 0.492 e. The van der Waals surface area contributed by atoms with Gasteiger partial charge in [0.1, 0.15) is 0 Å². The minimum Gasteiger partial charge on any atom is -0.466 e. The first-order valence-electron chi connectivity index (χ1n) is 9.65. The molecule has 0 spiro atoms. The van der Waals surface area contributed by atoms with Gasteiger partial charge in [0.25, 0.3) is 0 Å². The first-order valence-corrected chi connectivity index (χ1v) is 10.5. The summed E-state index contributed by atoms with van der Waals surface area (Å²) in [5, 5.41) is 4.82. The van der Waals surface area contributed by atoms with E-state index in [0.717, 1.165) is 22.4 Å². The Morgan fingerprint density at radius 1 is 1.35 bits per heavy atom. The molecule has 1 saturated heterocycles. The van der Waals surface area contributed by atoms with Gasteiger partial charge in [0.15, 0.2) is 5.12 Å². The number of esters is 1. The maximum atomic E-state index is 12.5. The lowest BCUT2D eigenvalue weighted by molar-refractivity contribution is -0.238. The highest BCUT2D eigenvalue weighted by Gasteiger charge is 2.43. The van der Waals surface area contributed by atoms with Crippen molar-refractivity contribution in [2.75, 3.05) is 19.7 Å². The summed E-state index contributed by atoms with van der Waals surface area (Å²) >= 11 is 1.09. The lowest BCUT2D eigenvalue weighted by atomic mass is 10.1. The number of hydrogen-bond acceptors (Lipinski definition) is 8. The number of allylic oxidation sites excluding steroid dienone is 1. The molecule has 8 nitrogen and oxygen atoms in total. The standard InChI is InChI=1S/C19H24F3N3O5S/c1-3-29-17(27)5-4-14-10-23-24(11-14)8-6-15-12-25(30-18(28)19(20,21)22)9-7-16(15)31-13(2)26/h6,10-11,16H,3-5,7-9,12H2,1-2H3/b15-6+. The second kappa shape index (κ2) is 11.3. The number of rotatable bonds is 8.